The van der Waals surface area contributed by atoms with Crippen LogP contribution >= 0.6 is 0 Å². The number of aromatic hydroxyl groups is 1. The Morgan fingerprint density at radius 1 is 1.44 bits per heavy atom. The van der Waals surface area contributed by atoms with Gasteiger partial charge in [0, 0.05) is 36.6 Å². The minimum atomic E-state index is -1.32. The summed E-state index contributed by atoms with van der Waals surface area (Å²) < 4.78 is 5.60. The van der Waals surface area contributed by atoms with E-state index >= 15 is 0 Å². The maximum absolute atomic E-state index is 11.6. The first-order valence-corrected chi connectivity index (χ1v) is 8.53. The van der Waals surface area contributed by atoms with Crippen LogP contribution in [0.1, 0.15) is 34.5 Å². The quantitative estimate of drug-likeness (QED) is 0.643. The predicted molar refractivity (Wildman–Crippen MR) is 98.0 cm³/mol. The van der Waals surface area contributed by atoms with Crippen LogP contribution in [-0.4, -0.2) is 56.7 Å². The summed E-state index contributed by atoms with van der Waals surface area (Å²) in [4.78, 5) is 19.9. The number of hydrogen-bond acceptors (Lipinski definition) is 8. The average molecular weight is 370 g/mol. The zero-order valence-corrected chi connectivity index (χ0v) is 14.3. The van der Waals surface area contributed by atoms with E-state index in [0.29, 0.717) is 30.9 Å². The highest BCUT2D eigenvalue weighted by Crippen LogP contribution is 2.38. The molecule has 2 aromatic heterocycles. The second kappa shape index (κ2) is 6.86. The van der Waals surface area contributed by atoms with Gasteiger partial charge in [0.1, 0.15) is 0 Å². The van der Waals surface area contributed by atoms with Crippen LogP contribution in [0.15, 0.2) is 27.7 Å². The number of carbonyl (C=O) groups is 1. The Morgan fingerprint density at radius 3 is 3.07 bits per heavy atom. The van der Waals surface area contributed by atoms with Crippen molar-refractivity contribution in [3.8, 4) is 5.75 Å². The SMILES string of the molecule is O=C(O)c1c(NN2CCCC(O)C2)oc(C=C2C=Nc3ncccc32)c1O. The molecule has 27 heavy (non-hydrogen) atoms. The predicted octanol–water partition coefficient (Wildman–Crippen LogP) is 2.12. The minimum absolute atomic E-state index is 0.00520. The third-order valence-electron chi connectivity index (χ3n) is 4.49. The lowest BCUT2D eigenvalue weighted by atomic mass is 10.1. The third-order valence-corrected chi connectivity index (χ3v) is 4.49. The molecule has 0 radical (unpaired) electrons. The van der Waals surface area contributed by atoms with E-state index < -0.39 is 17.8 Å². The van der Waals surface area contributed by atoms with Gasteiger partial charge < -0.3 is 19.7 Å². The number of aliphatic imine (C=N–C) groups is 1. The maximum atomic E-state index is 11.6. The molecule has 1 unspecified atom stereocenters. The fourth-order valence-electron chi connectivity index (χ4n) is 3.20. The monoisotopic (exact) mass is 370 g/mol. The van der Waals surface area contributed by atoms with E-state index in [-0.39, 0.29) is 17.2 Å². The number of piperidine rings is 1. The van der Waals surface area contributed by atoms with Crippen LogP contribution in [0.3, 0.4) is 0 Å². The van der Waals surface area contributed by atoms with Crippen LogP contribution in [0.4, 0.5) is 11.7 Å². The second-order valence-corrected chi connectivity index (χ2v) is 6.41. The lowest BCUT2D eigenvalue weighted by molar-refractivity contribution is 0.0692. The largest absolute Gasteiger partial charge is 0.504 e. The Kier molecular flexibility index (Phi) is 4.38. The van der Waals surface area contributed by atoms with Gasteiger partial charge in [-0.3, -0.25) is 5.43 Å². The van der Waals surface area contributed by atoms with E-state index in [9.17, 15) is 20.1 Å². The summed E-state index contributed by atoms with van der Waals surface area (Å²) in [6.45, 7) is 0.961. The Balaban J connectivity index is 1.68. The van der Waals surface area contributed by atoms with Crippen molar-refractivity contribution in [2.24, 2.45) is 4.99 Å². The molecular formula is C18H18N4O5. The maximum Gasteiger partial charge on any atom is 0.345 e. The lowest BCUT2D eigenvalue weighted by Crippen LogP contribution is -2.41. The van der Waals surface area contributed by atoms with Crippen molar-refractivity contribution in [1.82, 2.24) is 9.99 Å². The summed E-state index contributed by atoms with van der Waals surface area (Å²) in [5.41, 5.74) is 3.91. The van der Waals surface area contributed by atoms with E-state index in [1.165, 1.54) is 6.08 Å². The van der Waals surface area contributed by atoms with Crippen LogP contribution < -0.4 is 5.43 Å². The number of furan rings is 1. The van der Waals surface area contributed by atoms with Crippen molar-refractivity contribution in [3.05, 3.63) is 35.2 Å². The molecular weight excluding hydrogens is 352 g/mol. The van der Waals surface area contributed by atoms with E-state index in [4.69, 9.17) is 4.42 Å². The number of hydrogen-bond donors (Lipinski definition) is 4. The van der Waals surface area contributed by atoms with Crippen LogP contribution in [0.5, 0.6) is 5.75 Å². The highest BCUT2D eigenvalue weighted by Gasteiger charge is 2.28. The summed E-state index contributed by atoms with van der Waals surface area (Å²) in [7, 11) is 0. The Morgan fingerprint density at radius 2 is 2.30 bits per heavy atom. The number of allylic oxidation sites excluding steroid dienone is 1. The van der Waals surface area contributed by atoms with Gasteiger partial charge in [-0.25, -0.2) is 19.8 Å². The van der Waals surface area contributed by atoms with Gasteiger partial charge in [0.05, 0.1) is 6.10 Å². The van der Waals surface area contributed by atoms with Crippen LogP contribution in [0, 0.1) is 0 Å². The molecule has 1 saturated heterocycles. The third kappa shape index (κ3) is 3.29. The number of fused-ring (bicyclic) bond motifs is 1. The lowest BCUT2D eigenvalue weighted by Gasteiger charge is -2.30. The highest BCUT2D eigenvalue weighted by atomic mass is 16.4. The summed E-state index contributed by atoms with van der Waals surface area (Å²) in [6.07, 6.45) is 5.69. The van der Waals surface area contributed by atoms with Crippen molar-refractivity contribution in [2.75, 3.05) is 18.5 Å². The zero-order chi connectivity index (χ0) is 19.0. The number of β-amino-alcohol motifs (C(OH)–C–C–N with tert-alkyl or cyclic N) is 1. The number of carboxylic acid groups (broad SMARTS) is 1. The topological polar surface area (TPSA) is 131 Å². The van der Waals surface area contributed by atoms with Gasteiger partial charge in [-0.15, -0.1) is 0 Å². The molecule has 2 aromatic rings. The summed E-state index contributed by atoms with van der Waals surface area (Å²) in [6, 6.07) is 3.59. The molecule has 9 nitrogen and oxygen atoms in total. The Labute approximate surface area is 154 Å². The van der Waals surface area contributed by atoms with E-state index in [1.54, 1.807) is 23.5 Å². The standard InChI is InChI=1S/C18H18N4O5/c23-11-3-2-6-22(9-11)21-17-14(18(25)26)15(24)13(27-17)7-10-8-20-16-12(10)4-1-5-19-16/h1,4-5,7-8,11,21,23-24H,2-3,6,9H2,(H,25,26). The number of pyridine rings is 1. The minimum Gasteiger partial charge on any atom is -0.504 e. The molecule has 9 heteroatoms. The van der Waals surface area contributed by atoms with Crippen molar-refractivity contribution in [2.45, 2.75) is 18.9 Å². The fourth-order valence-corrected chi connectivity index (χ4v) is 3.20. The molecule has 0 aliphatic carbocycles. The summed E-state index contributed by atoms with van der Waals surface area (Å²) in [5.74, 6) is -1.31. The van der Waals surface area contributed by atoms with Gasteiger partial charge >= 0.3 is 5.97 Å². The second-order valence-electron chi connectivity index (χ2n) is 6.41. The number of aromatic carboxylic acids is 1. The van der Waals surface area contributed by atoms with Crippen molar-refractivity contribution in [1.29, 1.82) is 0 Å². The zero-order valence-electron chi connectivity index (χ0n) is 14.3. The fraction of sp³-hybridized carbons (Fsp3) is 0.278. The molecule has 4 rings (SSSR count). The number of rotatable bonds is 4. The van der Waals surface area contributed by atoms with E-state index in [0.717, 1.165) is 12.0 Å². The van der Waals surface area contributed by atoms with Crippen molar-refractivity contribution >= 4 is 35.5 Å². The van der Waals surface area contributed by atoms with Crippen LogP contribution in [-0.2, 0) is 0 Å². The highest BCUT2D eigenvalue weighted by molar-refractivity contribution is 6.21. The number of nitrogens with zero attached hydrogens (tertiary/aromatic N) is 3. The molecule has 4 N–H and O–H groups in total. The molecule has 0 spiro atoms. The van der Waals surface area contributed by atoms with Gasteiger partial charge in [-0.05, 0) is 31.1 Å². The number of anilines is 1. The van der Waals surface area contributed by atoms with E-state index in [1.807, 2.05) is 6.07 Å². The molecule has 0 bridgehead atoms. The first-order chi connectivity index (χ1) is 13.0. The summed E-state index contributed by atoms with van der Waals surface area (Å²) >= 11 is 0. The number of aromatic nitrogens is 1. The van der Waals surface area contributed by atoms with Crippen LogP contribution in [0.2, 0.25) is 0 Å². The van der Waals surface area contributed by atoms with Gasteiger partial charge in [0.2, 0.25) is 5.88 Å². The smallest absolute Gasteiger partial charge is 0.345 e. The molecule has 1 fully saturated rings. The van der Waals surface area contributed by atoms with Gasteiger partial charge in [0.25, 0.3) is 0 Å². The number of hydrazine groups is 1. The van der Waals surface area contributed by atoms with Crippen molar-refractivity contribution < 1.29 is 24.5 Å². The average Bonchev–Trinajstić information content (AvgIpc) is 3.17. The number of carboxylic acids is 1. The van der Waals surface area contributed by atoms with Gasteiger partial charge in [0.15, 0.2) is 22.9 Å². The molecule has 2 aliphatic rings. The van der Waals surface area contributed by atoms with Gasteiger partial charge in [-0.1, -0.05) is 0 Å². The molecule has 4 heterocycles. The Hall–Kier alpha value is -3.17. The molecule has 1 atom stereocenters. The molecule has 0 aromatic carbocycles. The molecule has 2 aliphatic heterocycles. The molecule has 0 amide bonds. The molecule has 140 valence electrons. The molecule has 0 saturated carbocycles. The normalized spacial score (nSPS) is 20.8. The number of nitrogens with one attached hydrogen (secondary N) is 1. The van der Waals surface area contributed by atoms with Crippen LogP contribution in [0.25, 0.3) is 11.6 Å². The first-order valence-electron chi connectivity index (χ1n) is 8.53. The van der Waals surface area contributed by atoms with E-state index in [2.05, 4.69) is 15.4 Å². The summed E-state index contributed by atoms with van der Waals surface area (Å²) in [5, 5.41) is 31.3. The number of aliphatic hydroxyl groups excluding tert-OH is 1. The Bertz CT molecular complexity index is 949. The van der Waals surface area contributed by atoms with Crippen molar-refractivity contribution in [3.63, 3.8) is 0 Å². The van der Waals surface area contributed by atoms with Gasteiger partial charge in [-0.2, -0.15) is 0 Å². The first kappa shape index (κ1) is 17.3. The number of aliphatic hydroxyl groups is 1.